The fraction of sp³-hybridized carbons (Fsp3) is 0.576. The molecular weight excluding hydrogens is 678 g/mol. The van der Waals surface area contributed by atoms with Crippen LogP contribution in [0.3, 0.4) is 0 Å². The number of unbranched alkanes of at least 4 members (excludes halogenated alkanes) is 2. The molecule has 2 heterocycles. The van der Waals surface area contributed by atoms with Gasteiger partial charge in [-0.25, -0.2) is 9.59 Å². The molecule has 0 spiro atoms. The van der Waals surface area contributed by atoms with Crippen LogP contribution in [0.15, 0.2) is 30.4 Å². The molecule has 0 radical (unpaired) electrons. The molecule has 2 aliphatic heterocycles. The highest BCUT2D eigenvalue weighted by molar-refractivity contribution is 6.12. The van der Waals surface area contributed by atoms with Crippen molar-refractivity contribution in [2.24, 2.45) is 5.41 Å². The first-order valence-electron chi connectivity index (χ1n) is 16.3. The fourth-order valence-electron chi connectivity index (χ4n) is 4.69. The Morgan fingerprint density at radius 3 is 2.29 bits per heavy atom. The predicted molar refractivity (Wildman–Crippen MR) is 174 cm³/mol. The smallest absolute Gasteiger partial charge is 0.414 e. The van der Waals surface area contributed by atoms with Crippen molar-refractivity contribution in [1.82, 2.24) is 10.2 Å². The number of nitrogens with zero attached hydrogens (tertiary/aromatic N) is 1. The van der Waals surface area contributed by atoms with Crippen molar-refractivity contribution in [1.29, 1.82) is 0 Å². The molecule has 18 nitrogen and oxygen atoms in total. The number of carboxylic acid groups (broad SMARTS) is 1. The third-order valence-electron chi connectivity index (χ3n) is 7.54. The number of rotatable bonds is 18. The van der Waals surface area contributed by atoms with Gasteiger partial charge >= 0.3 is 18.0 Å². The number of esters is 1. The van der Waals surface area contributed by atoms with Crippen LogP contribution in [0.1, 0.15) is 52.0 Å². The average molecular weight is 724 g/mol. The van der Waals surface area contributed by atoms with Crippen LogP contribution in [0.5, 0.6) is 5.75 Å². The number of hydrogen-bond donors (Lipinski definition) is 6. The van der Waals surface area contributed by atoms with Gasteiger partial charge in [-0.05, 0) is 51.3 Å². The van der Waals surface area contributed by atoms with Crippen molar-refractivity contribution in [3.63, 3.8) is 0 Å². The van der Waals surface area contributed by atoms with E-state index in [1.54, 1.807) is 20.8 Å². The van der Waals surface area contributed by atoms with Gasteiger partial charge in [0.1, 0.15) is 37.3 Å². The minimum absolute atomic E-state index is 0.0186. The summed E-state index contributed by atoms with van der Waals surface area (Å²) in [5.74, 6) is -2.83. The van der Waals surface area contributed by atoms with Gasteiger partial charge in [-0.15, -0.1) is 0 Å². The summed E-state index contributed by atoms with van der Waals surface area (Å²) in [5, 5.41) is 44.3. The molecule has 4 amide bonds. The lowest BCUT2D eigenvalue weighted by Crippen LogP contribution is -2.60. The maximum absolute atomic E-state index is 12.7. The molecule has 0 aromatic heterocycles. The van der Waals surface area contributed by atoms with Gasteiger partial charge in [0.15, 0.2) is 6.10 Å². The molecule has 2 aliphatic rings. The van der Waals surface area contributed by atoms with Gasteiger partial charge in [0.2, 0.25) is 12.2 Å². The van der Waals surface area contributed by atoms with E-state index in [2.05, 4.69) is 10.6 Å². The first-order valence-corrected chi connectivity index (χ1v) is 16.3. The number of nitrogens with one attached hydrogen (secondary N) is 2. The number of hydrogen-bond acceptors (Lipinski definition) is 14. The summed E-state index contributed by atoms with van der Waals surface area (Å²) in [4.78, 5) is 72.7. The van der Waals surface area contributed by atoms with Gasteiger partial charge in [0.25, 0.3) is 11.8 Å². The zero-order chi connectivity index (χ0) is 37.7. The van der Waals surface area contributed by atoms with Crippen molar-refractivity contribution >= 4 is 41.4 Å². The molecule has 1 saturated heterocycles. The Labute approximate surface area is 293 Å². The Hall–Kier alpha value is -4.62. The monoisotopic (exact) mass is 723 g/mol. The van der Waals surface area contributed by atoms with Crippen LogP contribution in [-0.4, -0.2) is 125 Å². The first-order chi connectivity index (χ1) is 24.1. The molecule has 51 heavy (non-hydrogen) atoms. The number of carboxylic acids is 1. The molecule has 1 aromatic rings. The van der Waals surface area contributed by atoms with E-state index >= 15 is 0 Å². The van der Waals surface area contributed by atoms with E-state index < -0.39 is 54.2 Å². The van der Waals surface area contributed by atoms with E-state index in [9.17, 15) is 49.2 Å². The third kappa shape index (κ3) is 12.6. The van der Waals surface area contributed by atoms with Crippen molar-refractivity contribution in [3.8, 4) is 5.75 Å². The van der Waals surface area contributed by atoms with E-state index in [1.807, 2.05) is 0 Å². The molecular formula is C33H45N3O15. The maximum atomic E-state index is 12.7. The van der Waals surface area contributed by atoms with Gasteiger partial charge in [-0.3, -0.25) is 29.4 Å². The molecule has 5 atom stereocenters. The summed E-state index contributed by atoms with van der Waals surface area (Å²) in [6.45, 7) is 5.76. The fourth-order valence-corrected chi connectivity index (χ4v) is 4.69. The Morgan fingerprint density at radius 1 is 0.922 bits per heavy atom. The zero-order valence-corrected chi connectivity index (χ0v) is 28.6. The number of carbonyl (C=O) groups is 6. The first kappa shape index (κ1) is 40.8. The highest BCUT2D eigenvalue weighted by Gasteiger charge is 2.48. The highest BCUT2D eigenvalue weighted by atomic mass is 16.7. The van der Waals surface area contributed by atoms with Gasteiger partial charge in [0, 0.05) is 31.7 Å². The van der Waals surface area contributed by atoms with Crippen molar-refractivity contribution in [2.75, 3.05) is 38.2 Å². The molecule has 1 fully saturated rings. The number of imide groups is 1. The Morgan fingerprint density at radius 2 is 1.63 bits per heavy atom. The number of amides is 4. The van der Waals surface area contributed by atoms with Crippen molar-refractivity contribution < 1.29 is 72.9 Å². The summed E-state index contributed by atoms with van der Waals surface area (Å²) in [6.07, 6.45) is -6.44. The van der Waals surface area contributed by atoms with E-state index in [-0.39, 0.29) is 68.6 Å². The number of aliphatic hydroxyl groups excluding tert-OH is 3. The molecule has 18 heteroatoms. The maximum Gasteiger partial charge on any atom is 0.414 e. The molecule has 3 rings (SSSR count). The number of aliphatic hydroxyl groups is 3. The summed E-state index contributed by atoms with van der Waals surface area (Å²) < 4.78 is 26.6. The van der Waals surface area contributed by atoms with Crippen LogP contribution in [0.2, 0.25) is 0 Å². The average Bonchev–Trinajstić information content (AvgIpc) is 3.39. The number of benzene rings is 1. The molecule has 1 aromatic carbocycles. The topological polar surface area (TPSA) is 257 Å². The molecule has 0 bridgehead atoms. The predicted octanol–water partition coefficient (Wildman–Crippen LogP) is 0.214. The lowest BCUT2D eigenvalue weighted by molar-refractivity contribution is -0.277. The lowest BCUT2D eigenvalue weighted by Gasteiger charge is -2.37. The van der Waals surface area contributed by atoms with Gasteiger partial charge in [-0.1, -0.05) is 12.5 Å². The molecule has 0 unspecified atom stereocenters. The SMILES string of the molecule is CC(C)(C)C(=O)OCc1ccc(NC(=O)O[C@@H]2O[C@H](C(=O)O)[C@@H](O)[C@H](O)[C@H]2O)c(OCCOCCNC(=O)CCCCCN2C(=O)C=CC2=O)c1. The molecule has 0 saturated carbocycles. The zero-order valence-electron chi connectivity index (χ0n) is 28.6. The number of anilines is 1. The minimum atomic E-state index is -1.98. The quantitative estimate of drug-likeness (QED) is 0.0673. The molecule has 282 valence electrons. The number of ether oxygens (including phenoxy) is 5. The second-order valence-corrected chi connectivity index (χ2v) is 12.7. The van der Waals surface area contributed by atoms with Gasteiger partial charge < -0.3 is 49.4 Å². The second-order valence-electron chi connectivity index (χ2n) is 12.7. The normalized spacial score (nSPS) is 21.7. The van der Waals surface area contributed by atoms with Crippen LogP contribution >= 0.6 is 0 Å². The van der Waals surface area contributed by atoms with Crippen molar-refractivity contribution in [3.05, 3.63) is 35.9 Å². The third-order valence-corrected chi connectivity index (χ3v) is 7.54. The summed E-state index contributed by atoms with van der Waals surface area (Å²) in [6, 6.07) is 4.46. The number of carbonyl (C=O) groups excluding carboxylic acids is 5. The van der Waals surface area contributed by atoms with E-state index in [1.165, 1.54) is 30.4 Å². The largest absolute Gasteiger partial charge is 0.489 e. The molecule has 6 N–H and O–H groups in total. The highest BCUT2D eigenvalue weighted by Crippen LogP contribution is 2.28. The lowest BCUT2D eigenvalue weighted by atomic mass is 9.97. The van der Waals surface area contributed by atoms with Crippen LogP contribution in [0, 0.1) is 5.41 Å². The van der Waals surface area contributed by atoms with E-state index in [0.29, 0.717) is 31.4 Å². The summed E-state index contributed by atoms with van der Waals surface area (Å²) in [7, 11) is 0. The van der Waals surface area contributed by atoms with E-state index in [4.69, 9.17) is 23.7 Å². The second kappa shape index (κ2) is 19.1. The Bertz CT molecular complexity index is 1420. The van der Waals surface area contributed by atoms with Gasteiger partial charge in [-0.2, -0.15) is 0 Å². The van der Waals surface area contributed by atoms with Gasteiger partial charge in [0.05, 0.1) is 24.3 Å². The van der Waals surface area contributed by atoms with Crippen molar-refractivity contribution in [2.45, 2.75) is 83.8 Å². The summed E-state index contributed by atoms with van der Waals surface area (Å²) >= 11 is 0. The summed E-state index contributed by atoms with van der Waals surface area (Å²) in [5.41, 5.74) is -0.172. The van der Waals surface area contributed by atoms with Crippen LogP contribution in [0.25, 0.3) is 0 Å². The van der Waals surface area contributed by atoms with E-state index in [0.717, 1.165) is 4.90 Å². The number of aliphatic carboxylic acids is 1. The Kier molecular flexibility index (Phi) is 15.3. The minimum Gasteiger partial charge on any atom is -0.489 e. The van der Waals surface area contributed by atoms with Crippen LogP contribution in [-0.2, 0) is 49.5 Å². The van der Waals surface area contributed by atoms with Crippen LogP contribution in [0.4, 0.5) is 10.5 Å². The Balaban J connectivity index is 1.46. The molecule has 0 aliphatic carbocycles. The van der Waals surface area contributed by atoms with Crippen LogP contribution < -0.4 is 15.4 Å². The standard InChI is InChI=1S/C33H45N3O15/c1-33(2,3)31(45)49-18-19-8-9-20(35-32(46)51-30-27(42)25(40)26(41)28(50-30)29(43)44)21(17-19)48-16-15-47-14-12-34-22(37)7-5-4-6-13-36-23(38)10-11-24(36)39/h8-11,17,25-28,30,40-42H,4-7,12-16,18H2,1-3H3,(H,34,37)(H,35,46)(H,43,44)/t25-,26-,27+,28-,30-/m0/s1.